The smallest absolute Gasteiger partial charge is 0.166 e. The predicted octanol–water partition coefficient (Wildman–Crippen LogP) is 8.91. The fourth-order valence-electron chi connectivity index (χ4n) is 3.54. The molecule has 0 aromatic heterocycles. The van der Waals surface area contributed by atoms with Crippen molar-refractivity contribution in [3.63, 3.8) is 0 Å². The first-order chi connectivity index (χ1) is 14.6. The van der Waals surface area contributed by atoms with Crippen molar-refractivity contribution in [1.29, 1.82) is 0 Å². The van der Waals surface area contributed by atoms with Gasteiger partial charge in [0, 0.05) is 5.56 Å². The summed E-state index contributed by atoms with van der Waals surface area (Å²) in [4.78, 5) is 0. The maximum Gasteiger partial charge on any atom is 0.166 e. The second-order valence-electron chi connectivity index (χ2n) is 8.75. The molecule has 0 fully saturated rings. The number of allylic oxidation sites excluding steroid dienone is 4. The highest BCUT2D eigenvalue weighted by Crippen LogP contribution is 2.29. The van der Waals surface area contributed by atoms with Gasteiger partial charge in [-0.15, -0.1) is 0 Å². The molecule has 2 unspecified atom stereocenters. The van der Waals surface area contributed by atoms with Crippen molar-refractivity contribution >= 4 is 0 Å². The molecule has 0 saturated carbocycles. The van der Waals surface area contributed by atoms with Crippen molar-refractivity contribution in [1.82, 2.24) is 0 Å². The molecule has 0 spiro atoms. The quantitative estimate of drug-likeness (QED) is 0.333. The summed E-state index contributed by atoms with van der Waals surface area (Å²) in [5.41, 5.74) is 3.56. The Kier molecular flexibility index (Phi) is 8.91. The van der Waals surface area contributed by atoms with Crippen LogP contribution in [0.5, 0.6) is 0 Å². The Bertz CT molecular complexity index is 951. The third kappa shape index (κ3) is 6.99. The average molecular weight is 427 g/mol. The van der Waals surface area contributed by atoms with Gasteiger partial charge >= 0.3 is 0 Å². The van der Waals surface area contributed by atoms with E-state index < -0.39 is 11.6 Å². The van der Waals surface area contributed by atoms with Crippen LogP contribution >= 0.6 is 0 Å². The summed E-state index contributed by atoms with van der Waals surface area (Å²) in [6.07, 6.45) is 4.27. The predicted molar refractivity (Wildman–Crippen MR) is 126 cm³/mol. The topological polar surface area (TPSA) is 0 Å². The van der Waals surface area contributed by atoms with Crippen molar-refractivity contribution < 1.29 is 13.2 Å². The zero-order chi connectivity index (χ0) is 23.1. The summed E-state index contributed by atoms with van der Waals surface area (Å²) in [5.74, 6) is -1.56. The SMILES string of the molecule is C=C(C)/C=C(/F)C(=C)C(C)CCC(C)CCc1ccc(-c2ccc(C)cc2)c(F)c1F. The number of hydrogen-bond acceptors (Lipinski definition) is 0. The molecule has 2 aromatic carbocycles. The lowest BCUT2D eigenvalue weighted by Crippen LogP contribution is -2.05. The first kappa shape index (κ1) is 24.7. The van der Waals surface area contributed by atoms with Gasteiger partial charge in [0.25, 0.3) is 0 Å². The maximum absolute atomic E-state index is 14.6. The Labute approximate surface area is 185 Å². The van der Waals surface area contributed by atoms with Gasteiger partial charge in [0.15, 0.2) is 11.6 Å². The lowest BCUT2D eigenvalue weighted by Gasteiger charge is -2.17. The second-order valence-corrected chi connectivity index (χ2v) is 8.75. The molecule has 2 rings (SSSR count). The zero-order valence-corrected chi connectivity index (χ0v) is 19.1. The molecule has 31 heavy (non-hydrogen) atoms. The summed E-state index contributed by atoms with van der Waals surface area (Å²) >= 11 is 0. The fourth-order valence-corrected chi connectivity index (χ4v) is 3.54. The van der Waals surface area contributed by atoms with Gasteiger partial charge in [-0.05, 0) is 67.7 Å². The molecule has 2 aromatic rings. The Hall–Kier alpha value is -2.55. The van der Waals surface area contributed by atoms with E-state index in [-0.39, 0.29) is 17.3 Å². The van der Waals surface area contributed by atoms with Crippen LogP contribution in [0.4, 0.5) is 13.2 Å². The maximum atomic E-state index is 14.6. The van der Waals surface area contributed by atoms with Gasteiger partial charge in [-0.2, -0.15) is 0 Å². The van der Waals surface area contributed by atoms with E-state index in [2.05, 4.69) is 20.1 Å². The minimum atomic E-state index is -0.793. The number of aryl methyl sites for hydroxylation is 2. The molecule has 0 aliphatic rings. The standard InChI is InChI=1S/C28H33F3/c1-18(2)17-26(29)22(6)21(5)11-7-19(3)10-14-24-15-16-25(28(31)27(24)30)23-12-8-20(4)9-13-23/h8-9,12-13,15-17,19,21H,1,6-7,10-11,14H2,2-5H3/b26-17+. The van der Waals surface area contributed by atoms with E-state index in [0.717, 1.165) is 24.8 Å². The molecular formula is C28H33F3. The van der Waals surface area contributed by atoms with E-state index >= 15 is 0 Å². The van der Waals surface area contributed by atoms with Crippen molar-refractivity contribution in [2.24, 2.45) is 11.8 Å². The van der Waals surface area contributed by atoms with E-state index in [0.29, 0.717) is 34.6 Å². The number of rotatable bonds is 10. The Morgan fingerprint density at radius 3 is 2.19 bits per heavy atom. The number of benzene rings is 2. The highest BCUT2D eigenvalue weighted by atomic mass is 19.2. The number of halogens is 3. The third-order valence-corrected chi connectivity index (χ3v) is 5.80. The second kappa shape index (κ2) is 11.2. The molecular weight excluding hydrogens is 393 g/mol. The van der Waals surface area contributed by atoms with Crippen LogP contribution in [0.2, 0.25) is 0 Å². The van der Waals surface area contributed by atoms with Gasteiger partial charge in [-0.25, -0.2) is 13.2 Å². The molecule has 0 nitrogen and oxygen atoms in total. The molecule has 166 valence electrons. The summed E-state index contributed by atoms with van der Waals surface area (Å²) in [5, 5.41) is 0. The lowest BCUT2D eigenvalue weighted by molar-refractivity contribution is 0.426. The van der Waals surface area contributed by atoms with Crippen LogP contribution in [0.15, 0.2) is 72.6 Å². The molecule has 0 bridgehead atoms. The largest absolute Gasteiger partial charge is 0.207 e. The van der Waals surface area contributed by atoms with Gasteiger partial charge in [-0.1, -0.05) is 81.0 Å². The normalized spacial score (nSPS) is 13.7. The van der Waals surface area contributed by atoms with E-state index in [1.807, 2.05) is 26.0 Å². The van der Waals surface area contributed by atoms with Crippen molar-refractivity contribution in [2.45, 2.75) is 53.4 Å². The summed E-state index contributed by atoms with van der Waals surface area (Å²) in [7, 11) is 0. The van der Waals surface area contributed by atoms with E-state index in [1.54, 1.807) is 31.2 Å². The minimum Gasteiger partial charge on any atom is -0.207 e. The molecule has 0 aliphatic heterocycles. The van der Waals surface area contributed by atoms with E-state index in [9.17, 15) is 13.2 Å². The fraction of sp³-hybridized carbons (Fsp3) is 0.357. The van der Waals surface area contributed by atoms with Crippen molar-refractivity contribution in [3.8, 4) is 11.1 Å². The lowest BCUT2D eigenvalue weighted by atomic mass is 9.89. The first-order valence-corrected chi connectivity index (χ1v) is 10.9. The van der Waals surface area contributed by atoms with Gasteiger partial charge in [0.1, 0.15) is 5.83 Å². The summed E-state index contributed by atoms with van der Waals surface area (Å²) in [6.45, 7) is 15.3. The summed E-state index contributed by atoms with van der Waals surface area (Å²) in [6, 6.07) is 10.7. The van der Waals surface area contributed by atoms with Gasteiger partial charge in [0.2, 0.25) is 0 Å². The van der Waals surface area contributed by atoms with Gasteiger partial charge in [-0.3, -0.25) is 0 Å². The molecule has 0 aliphatic carbocycles. The van der Waals surface area contributed by atoms with Crippen LogP contribution in [-0.2, 0) is 6.42 Å². The highest BCUT2D eigenvalue weighted by Gasteiger charge is 2.17. The zero-order valence-electron chi connectivity index (χ0n) is 19.1. The molecule has 3 heteroatoms. The molecule has 0 saturated heterocycles. The molecule has 0 radical (unpaired) electrons. The van der Waals surface area contributed by atoms with Crippen LogP contribution in [0.25, 0.3) is 11.1 Å². The molecule has 2 atom stereocenters. The molecule has 0 amide bonds. The van der Waals surface area contributed by atoms with E-state index in [1.165, 1.54) is 6.08 Å². The van der Waals surface area contributed by atoms with Crippen LogP contribution in [0, 0.1) is 30.4 Å². The van der Waals surface area contributed by atoms with Crippen molar-refractivity contribution in [2.75, 3.05) is 0 Å². The summed E-state index contributed by atoms with van der Waals surface area (Å²) < 4.78 is 43.4. The number of hydrogen-bond donors (Lipinski definition) is 0. The van der Waals surface area contributed by atoms with E-state index in [4.69, 9.17) is 0 Å². The molecule has 0 N–H and O–H groups in total. The van der Waals surface area contributed by atoms with Gasteiger partial charge in [0.05, 0.1) is 0 Å². The highest BCUT2D eigenvalue weighted by molar-refractivity contribution is 5.65. The third-order valence-electron chi connectivity index (χ3n) is 5.80. The van der Waals surface area contributed by atoms with Crippen LogP contribution < -0.4 is 0 Å². The van der Waals surface area contributed by atoms with Crippen LogP contribution in [0.1, 0.15) is 51.2 Å². The Morgan fingerprint density at radius 2 is 1.58 bits per heavy atom. The monoisotopic (exact) mass is 426 g/mol. The molecule has 0 heterocycles. The Balaban J connectivity index is 1.94. The van der Waals surface area contributed by atoms with Crippen LogP contribution in [0.3, 0.4) is 0 Å². The first-order valence-electron chi connectivity index (χ1n) is 10.9. The van der Waals surface area contributed by atoms with Crippen molar-refractivity contribution in [3.05, 3.63) is 95.4 Å². The minimum absolute atomic E-state index is 0.0148. The van der Waals surface area contributed by atoms with Gasteiger partial charge < -0.3 is 0 Å². The average Bonchev–Trinajstić information content (AvgIpc) is 2.72. The van der Waals surface area contributed by atoms with Crippen LogP contribution in [-0.4, -0.2) is 0 Å². The Morgan fingerprint density at radius 1 is 0.935 bits per heavy atom.